The fourth-order valence-electron chi connectivity index (χ4n) is 1.07. The lowest BCUT2D eigenvalue weighted by Gasteiger charge is -2.09. The fourth-order valence-corrected chi connectivity index (χ4v) is 2.79. The van der Waals surface area contributed by atoms with Gasteiger partial charge >= 0.3 is 0 Å². The summed E-state index contributed by atoms with van der Waals surface area (Å²) in [6.45, 7) is 3.90. The molecule has 0 aromatic carbocycles. The summed E-state index contributed by atoms with van der Waals surface area (Å²) in [4.78, 5) is 4.14. The molecule has 0 radical (unpaired) electrons. The van der Waals surface area contributed by atoms with E-state index in [-0.39, 0.29) is 0 Å². The second-order valence-corrected chi connectivity index (χ2v) is 6.26. The van der Waals surface area contributed by atoms with Crippen molar-refractivity contribution >= 4 is 19.1 Å². The second-order valence-electron chi connectivity index (χ2n) is 2.90. The normalized spacial score (nSPS) is 15.4. The summed E-state index contributed by atoms with van der Waals surface area (Å²) in [5.74, 6) is 0. The van der Waals surface area contributed by atoms with Crippen LogP contribution in [0.4, 0.5) is 0 Å². The summed E-state index contributed by atoms with van der Waals surface area (Å²) < 4.78 is 22.0. The molecule has 1 heterocycles. The summed E-state index contributed by atoms with van der Waals surface area (Å²) in [5.41, 5.74) is 0.689. The Bertz CT molecular complexity index is 339. The number of thioether (sulfide) groups is 1. The van der Waals surface area contributed by atoms with E-state index in [4.69, 9.17) is 8.94 Å². The molecular formula is C8H14NO3PS. The van der Waals surface area contributed by atoms with E-state index < -0.39 is 7.37 Å². The lowest BCUT2D eigenvalue weighted by Crippen LogP contribution is -1.92. The van der Waals surface area contributed by atoms with Crippen molar-refractivity contribution in [3.8, 4) is 0 Å². The topological polar surface area (TPSA) is 52.3 Å². The first-order chi connectivity index (χ1) is 6.57. The molecule has 1 aromatic rings. The Morgan fingerprint density at radius 2 is 2.43 bits per heavy atom. The molecule has 6 heteroatoms. The first kappa shape index (κ1) is 11.8. The third-order valence-corrected chi connectivity index (χ3v) is 3.80. The van der Waals surface area contributed by atoms with Crippen LogP contribution in [0.1, 0.15) is 12.6 Å². The summed E-state index contributed by atoms with van der Waals surface area (Å²) in [7, 11) is -2.54. The van der Waals surface area contributed by atoms with Crippen LogP contribution < -0.4 is 0 Å². The van der Waals surface area contributed by atoms with E-state index >= 15 is 0 Å². The molecule has 1 aromatic heterocycles. The predicted octanol–water partition coefficient (Wildman–Crippen LogP) is 2.84. The molecule has 80 valence electrons. The molecule has 4 nitrogen and oxygen atoms in total. The average molecular weight is 235 g/mol. The second kappa shape index (κ2) is 5.01. The standard InChI is InChI=1S/C8H14NO3PS/c1-4-12-13(2,10)6-7-5-11-8(9-7)14-3/h5H,4,6H2,1-3H3. The lowest BCUT2D eigenvalue weighted by molar-refractivity contribution is 0.336. The van der Waals surface area contributed by atoms with Crippen molar-refractivity contribution in [2.75, 3.05) is 19.5 Å². The molecule has 0 spiro atoms. The zero-order valence-electron chi connectivity index (χ0n) is 8.52. The average Bonchev–Trinajstić information content (AvgIpc) is 2.51. The minimum absolute atomic E-state index is 0.338. The maximum atomic E-state index is 11.8. The first-order valence-electron chi connectivity index (χ1n) is 4.27. The Balaban J connectivity index is 2.63. The highest BCUT2D eigenvalue weighted by Crippen LogP contribution is 2.45. The predicted molar refractivity (Wildman–Crippen MR) is 57.1 cm³/mol. The van der Waals surface area contributed by atoms with Crippen LogP contribution in [0.25, 0.3) is 0 Å². The lowest BCUT2D eigenvalue weighted by atomic mass is 10.6. The van der Waals surface area contributed by atoms with Gasteiger partial charge in [-0.3, -0.25) is 4.57 Å². The van der Waals surface area contributed by atoms with Crippen molar-refractivity contribution in [1.82, 2.24) is 4.98 Å². The highest BCUT2D eigenvalue weighted by atomic mass is 32.2. The largest absolute Gasteiger partial charge is 0.440 e. The van der Waals surface area contributed by atoms with Gasteiger partial charge in [0.2, 0.25) is 7.37 Å². The number of oxazole rings is 1. The van der Waals surface area contributed by atoms with Gasteiger partial charge in [0.1, 0.15) is 6.26 Å². The van der Waals surface area contributed by atoms with Gasteiger partial charge in [-0.2, -0.15) is 0 Å². The van der Waals surface area contributed by atoms with E-state index in [0.717, 1.165) is 0 Å². The van der Waals surface area contributed by atoms with Gasteiger partial charge in [-0.25, -0.2) is 4.98 Å². The first-order valence-corrected chi connectivity index (χ1v) is 7.75. The minimum atomic E-state index is -2.54. The smallest absolute Gasteiger partial charge is 0.255 e. The fraction of sp³-hybridized carbons (Fsp3) is 0.625. The minimum Gasteiger partial charge on any atom is -0.440 e. The zero-order chi connectivity index (χ0) is 10.6. The number of hydrogen-bond acceptors (Lipinski definition) is 5. The van der Waals surface area contributed by atoms with Crippen LogP contribution in [-0.2, 0) is 15.3 Å². The van der Waals surface area contributed by atoms with Crippen molar-refractivity contribution in [3.63, 3.8) is 0 Å². The van der Waals surface area contributed by atoms with Gasteiger partial charge in [0.25, 0.3) is 5.22 Å². The van der Waals surface area contributed by atoms with Gasteiger partial charge in [-0.1, -0.05) is 11.8 Å². The molecule has 0 fully saturated rings. The van der Waals surface area contributed by atoms with E-state index in [1.807, 2.05) is 13.2 Å². The third-order valence-electron chi connectivity index (χ3n) is 1.56. The maximum absolute atomic E-state index is 11.8. The van der Waals surface area contributed by atoms with E-state index in [1.54, 1.807) is 6.66 Å². The van der Waals surface area contributed by atoms with E-state index in [2.05, 4.69) is 4.98 Å². The molecule has 0 bridgehead atoms. The molecule has 1 unspecified atom stereocenters. The van der Waals surface area contributed by atoms with Crippen LogP contribution >= 0.6 is 19.1 Å². The molecule has 1 rings (SSSR count). The van der Waals surface area contributed by atoms with Crippen LogP contribution in [0, 0.1) is 0 Å². The third kappa shape index (κ3) is 3.48. The summed E-state index contributed by atoms with van der Waals surface area (Å²) in [6, 6.07) is 0. The number of rotatable bonds is 5. The van der Waals surface area contributed by atoms with Crippen LogP contribution in [0.3, 0.4) is 0 Å². The highest BCUT2D eigenvalue weighted by molar-refractivity contribution is 7.98. The van der Waals surface area contributed by atoms with Crippen molar-refractivity contribution in [2.45, 2.75) is 18.3 Å². The Hall–Kier alpha value is -0.250. The van der Waals surface area contributed by atoms with Gasteiger partial charge in [0, 0.05) is 6.66 Å². The van der Waals surface area contributed by atoms with E-state index in [9.17, 15) is 4.57 Å². The van der Waals surface area contributed by atoms with Crippen LogP contribution in [0.2, 0.25) is 0 Å². The number of nitrogens with zero attached hydrogens (tertiary/aromatic N) is 1. The van der Waals surface area contributed by atoms with Crippen molar-refractivity contribution in [1.29, 1.82) is 0 Å². The van der Waals surface area contributed by atoms with Crippen LogP contribution in [-0.4, -0.2) is 24.5 Å². The quantitative estimate of drug-likeness (QED) is 0.580. The van der Waals surface area contributed by atoms with Gasteiger partial charge in [-0.15, -0.1) is 0 Å². The molecular weight excluding hydrogens is 221 g/mol. The molecule has 0 aliphatic heterocycles. The molecule has 14 heavy (non-hydrogen) atoms. The Morgan fingerprint density at radius 3 is 2.93 bits per heavy atom. The molecule has 0 saturated carbocycles. The number of hydrogen-bond donors (Lipinski definition) is 0. The summed E-state index contributed by atoms with van der Waals surface area (Å²) in [6.07, 6.45) is 3.75. The van der Waals surface area contributed by atoms with Crippen molar-refractivity contribution in [2.24, 2.45) is 0 Å². The Morgan fingerprint density at radius 1 is 1.71 bits per heavy atom. The van der Waals surface area contributed by atoms with Crippen molar-refractivity contribution in [3.05, 3.63) is 12.0 Å². The van der Waals surface area contributed by atoms with Gasteiger partial charge in [0.15, 0.2) is 0 Å². The SMILES string of the molecule is CCOP(C)(=O)Cc1coc(SC)n1. The summed E-state index contributed by atoms with van der Waals surface area (Å²) >= 11 is 1.42. The van der Waals surface area contributed by atoms with E-state index in [0.29, 0.717) is 23.7 Å². The molecule has 1 atom stereocenters. The maximum Gasteiger partial charge on any atom is 0.255 e. The van der Waals surface area contributed by atoms with Gasteiger partial charge < -0.3 is 8.94 Å². The molecule has 0 aliphatic rings. The molecule has 0 saturated heterocycles. The Labute approximate surface area is 87.9 Å². The van der Waals surface area contributed by atoms with Crippen LogP contribution in [0.5, 0.6) is 0 Å². The number of aromatic nitrogens is 1. The zero-order valence-corrected chi connectivity index (χ0v) is 10.2. The highest BCUT2D eigenvalue weighted by Gasteiger charge is 2.18. The molecule has 0 amide bonds. The summed E-state index contributed by atoms with van der Waals surface area (Å²) in [5, 5.41) is 0.594. The molecule has 0 aliphatic carbocycles. The molecule has 0 N–H and O–H groups in total. The van der Waals surface area contributed by atoms with Gasteiger partial charge in [0.05, 0.1) is 18.5 Å². The van der Waals surface area contributed by atoms with Crippen LogP contribution in [0.15, 0.2) is 15.9 Å². The Kier molecular flexibility index (Phi) is 4.23. The van der Waals surface area contributed by atoms with Crippen molar-refractivity contribution < 1.29 is 13.5 Å². The monoisotopic (exact) mass is 235 g/mol. The van der Waals surface area contributed by atoms with Gasteiger partial charge in [-0.05, 0) is 13.2 Å². The van der Waals surface area contributed by atoms with E-state index in [1.165, 1.54) is 18.0 Å².